The quantitative estimate of drug-likeness (QED) is 0.156. The van der Waals surface area contributed by atoms with Crippen LogP contribution in [0.4, 0.5) is 5.69 Å². The molecule has 0 atom stereocenters. The molecule has 0 saturated carbocycles. The average molecular weight is 493 g/mol. The Morgan fingerprint density at radius 2 is 1.83 bits per heavy atom. The lowest BCUT2D eigenvalue weighted by molar-refractivity contribution is -0.385. The summed E-state index contributed by atoms with van der Waals surface area (Å²) in [5.41, 5.74) is 0.678. The van der Waals surface area contributed by atoms with Crippen LogP contribution in [-0.4, -0.2) is 26.4 Å². The Morgan fingerprint density at radius 1 is 1.09 bits per heavy atom. The molecule has 0 aliphatic carbocycles. The molecule has 3 aromatic rings. The van der Waals surface area contributed by atoms with Crippen molar-refractivity contribution in [1.82, 2.24) is 5.32 Å². The number of nitro benzene ring substituents is 1. The van der Waals surface area contributed by atoms with Crippen LogP contribution in [0.25, 0.3) is 6.08 Å². The number of nitrogens with zero attached hydrogens (tertiary/aromatic N) is 2. The highest BCUT2D eigenvalue weighted by Gasteiger charge is 2.22. The van der Waals surface area contributed by atoms with E-state index in [2.05, 4.69) is 5.32 Å². The minimum Gasteiger partial charge on any atom is -0.493 e. The molecule has 0 aliphatic heterocycles. The Bertz CT molecular complexity index is 1430. The number of methoxy groups -OCH3 is 1. The molecule has 0 spiro atoms. The molecule has 0 fully saturated rings. The van der Waals surface area contributed by atoms with Crippen molar-refractivity contribution in [2.75, 3.05) is 7.11 Å². The minimum absolute atomic E-state index is 0.00902. The highest BCUT2D eigenvalue weighted by atomic mass is 32.2. The summed E-state index contributed by atoms with van der Waals surface area (Å²) in [6, 6.07) is 19.6. The van der Waals surface area contributed by atoms with E-state index >= 15 is 0 Å². The first-order chi connectivity index (χ1) is 16.7. The van der Waals surface area contributed by atoms with Gasteiger partial charge in [0.1, 0.15) is 16.5 Å². The predicted octanol–water partition coefficient (Wildman–Crippen LogP) is 3.59. The molecule has 3 rings (SSSR count). The van der Waals surface area contributed by atoms with Crippen LogP contribution in [0.2, 0.25) is 0 Å². The zero-order chi connectivity index (χ0) is 25.4. The lowest BCUT2D eigenvalue weighted by Crippen LogP contribution is -2.23. The molecule has 0 saturated heterocycles. The third-order valence-corrected chi connectivity index (χ3v) is 5.91. The number of nitrogens with one attached hydrogen (secondary N) is 1. The number of amides is 1. The van der Waals surface area contributed by atoms with Gasteiger partial charge in [-0.15, -0.1) is 0 Å². The Morgan fingerprint density at radius 3 is 2.49 bits per heavy atom. The molecule has 10 nitrogen and oxygen atoms in total. The summed E-state index contributed by atoms with van der Waals surface area (Å²) in [7, 11) is -3.12. The first kappa shape index (κ1) is 24.9. The second kappa shape index (κ2) is 11.0. The maximum atomic E-state index is 12.6. The van der Waals surface area contributed by atoms with Crippen molar-refractivity contribution in [3.05, 3.63) is 99.6 Å². The summed E-state index contributed by atoms with van der Waals surface area (Å²) in [5, 5.41) is 23.0. The van der Waals surface area contributed by atoms with Crippen molar-refractivity contribution in [2.24, 2.45) is 0 Å². The van der Waals surface area contributed by atoms with Gasteiger partial charge in [0.25, 0.3) is 11.6 Å². The summed E-state index contributed by atoms with van der Waals surface area (Å²) >= 11 is 0. The van der Waals surface area contributed by atoms with Gasteiger partial charge in [-0.1, -0.05) is 42.5 Å². The molecule has 0 unspecified atom stereocenters. The van der Waals surface area contributed by atoms with E-state index < -0.39 is 31.5 Å². The van der Waals surface area contributed by atoms with E-state index in [1.165, 1.54) is 43.5 Å². The third-order valence-electron chi connectivity index (χ3n) is 4.68. The Labute approximate surface area is 201 Å². The normalized spacial score (nSPS) is 11.3. The molecule has 0 heterocycles. The van der Waals surface area contributed by atoms with Gasteiger partial charge >= 0.3 is 10.1 Å². The van der Waals surface area contributed by atoms with Crippen molar-refractivity contribution in [1.29, 1.82) is 5.26 Å². The molecule has 35 heavy (non-hydrogen) atoms. The third kappa shape index (κ3) is 6.43. The number of carbonyl (C=O) groups is 1. The number of rotatable bonds is 9. The zero-order valence-electron chi connectivity index (χ0n) is 18.4. The molecule has 1 N–H and O–H groups in total. The van der Waals surface area contributed by atoms with Crippen LogP contribution in [0.1, 0.15) is 11.1 Å². The predicted molar refractivity (Wildman–Crippen MR) is 126 cm³/mol. The van der Waals surface area contributed by atoms with E-state index in [1.54, 1.807) is 0 Å². The van der Waals surface area contributed by atoms with Crippen LogP contribution in [0.3, 0.4) is 0 Å². The summed E-state index contributed by atoms with van der Waals surface area (Å²) in [6.45, 7) is 0.240. The Kier molecular flexibility index (Phi) is 7.81. The number of non-ortho nitro benzene ring substituents is 1. The molecule has 11 heteroatoms. The van der Waals surface area contributed by atoms with Gasteiger partial charge in [0.05, 0.1) is 12.0 Å². The largest absolute Gasteiger partial charge is 0.493 e. The summed E-state index contributed by atoms with van der Waals surface area (Å²) in [6.07, 6.45) is 1.32. The van der Waals surface area contributed by atoms with Gasteiger partial charge in [-0.3, -0.25) is 14.9 Å². The van der Waals surface area contributed by atoms with E-state index in [1.807, 2.05) is 36.4 Å². The molecule has 3 aromatic carbocycles. The van der Waals surface area contributed by atoms with Crippen LogP contribution >= 0.6 is 0 Å². The van der Waals surface area contributed by atoms with E-state index in [-0.39, 0.29) is 23.6 Å². The summed E-state index contributed by atoms with van der Waals surface area (Å²) in [4.78, 5) is 22.2. The van der Waals surface area contributed by atoms with Crippen LogP contribution in [0.5, 0.6) is 11.5 Å². The first-order valence-corrected chi connectivity index (χ1v) is 11.4. The Balaban J connectivity index is 1.81. The number of benzene rings is 3. The number of hydrogen-bond acceptors (Lipinski definition) is 8. The highest BCUT2D eigenvalue weighted by Crippen LogP contribution is 2.32. The van der Waals surface area contributed by atoms with Crippen LogP contribution in [0.15, 0.2) is 83.3 Å². The fourth-order valence-electron chi connectivity index (χ4n) is 2.95. The lowest BCUT2D eigenvalue weighted by Gasteiger charge is -2.11. The van der Waals surface area contributed by atoms with E-state index in [4.69, 9.17) is 8.92 Å². The minimum atomic E-state index is -4.41. The standard InChI is InChI=1S/C24H19N3O7S/c1-33-23-13-18(12-19(15-25)24(28)26-16-17-6-3-2-4-7-17)10-11-22(23)34-35(31,32)21-9-5-8-20(14-21)27(29)30/h2-14H,16H2,1H3,(H,26,28)/b19-12+. The number of nitro groups is 1. The SMILES string of the molecule is COc1cc(/C=C(\C#N)C(=O)NCc2ccccc2)ccc1OS(=O)(=O)c1cccc([N+](=O)[O-])c1. The van der Waals surface area contributed by atoms with Crippen LogP contribution < -0.4 is 14.2 Å². The first-order valence-electron chi connectivity index (χ1n) is 10.0. The van der Waals surface area contributed by atoms with Gasteiger partial charge in [-0.05, 0) is 35.4 Å². The average Bonchev–Trinajstić information content (AvgIpc) is 2.87. The molecule has 0 radical (unpaired) electrons. The van der Waals surface area contributed by atoms with Gasteiger partial charge in [0.15, 0.2) is 11.5 Å². The number of carbonyl (C=O) groups excluding carboxylic acids is 1. The molecule has 178 valence electrons. The molecule has 0 aromatic heterocycles. The van der Waals surface area contributed by atoms with E-state index in [9.17, 15) is 28.6 Å². The van der Waals surface area contributed by atoms with Gasteiger partial charge in [-0.25, -0.2) is 0 Å². The molecule has 0 aliphatic rings. The van der Waals surface area contributed by atoms with Crippen LogP contribution in [0, 0.1) is 21.4 Å². The topological polar surface area (TPSA) is 149 Å². The van der Waals surface area contributed by atoms with Gasteiger partial charge in [-0.2, -0.15) is 13.7 Å². The Hall–Kier alpha value is -4.69. The number of nitriles is 1. The smallest absolute Gasteiger partial charge is 0.339 e. The van der Waals surface area contributed by atoms with Crippen molar-refractivity contribution < 1.29 is 27.1 Å². The van der Waals surface area contributed by atoms with E-state index in [0.29, 0.717) is 5.56 Å². The van der Waals surface area contributed by atoms with E-state index in [0.717, 1.165) is 17.7 Å². The molecular weight excluding hydrogens is 474 g/mol. The fourth-order valence-corrected chi connectivity index (χ4v) is 3.93. The maximum absolute atomic E-state index is 12.6. The van der Waals surface area contributed by atoms with Gasteiger partial charge < -0.3 is 14.2 Å². The maximum Gasteiger partial charge on any atom is 0.339 e. The number of ether oxygens (including phenoxy) is 1. The second-order valence-corrected chi connectivity index (χ2v) is 8.59. The molecule has 0 bridgehead atoms. The van der Waals surface area contributed by atoms with Crippen molar-refractivity contribution in [3.8, 4) is 17.6 Å². The zero-order valence-corrected chi connectivity index (χ0v) is 19.2. The lowest BCUT2D eigenvalue weighted by atomic mass is 10.1. The summed E-state index contributed by atoms with van der Waals surface area (Å²) in [5.74, 6) is -0.748. The van der Waals surface area contributed by atoms with Crippen LogP contribution in [-0.2, 0) is 21.5 Å². The summed E-state index contributed by atoms with van der Waals surface area (Å²) < 4.78 is 35.6. The second-order valence-electron chi connectivity index (χ2n) is 7.04. The van der Waals surface area contributed by atoms with Crippen molar-refractivity contribution >= 4 is 27.8 Å². The molecular formula is C24H19N3O7S. The monoisotopic (exact) mass is 493 g/mol. The fraction of sp³-hybridized carbons (Fsp3) is 0.0833. The van der Waals surface area contributed by atoms with Crippen molar-refractivity contribution in [3.63, 3.8) is 0 Å². The van der Waals surface area contributed by atoms with Crippen molar-refractivity contribution in [2.45, 2.75) is 11.4 Å². The highest BCUT2D eigenvalue weighted by molar-refractivity contribution is 7.87. The van der Waals surface area contributed by atoms with Gasteiger partial charge in [0.2, 0.25) is 0 Å². The van der Waals surface area contributed by atoms with Gasteiger partial charge in [0, 0.05) is 18.7 Å². The number of hydrogen-bond donors (Lipinski definition) is 1. The molecule has 1 amide bonds.